The number of aliphatic hydroxyl groups is 2. The van der Waals surface area contributed by atoms with Gasteiger partial charge in [0.2, 0.25) is 0 Å². The summed E-state index contributed by atoms with van der Waals surface area (Å²) in [6.07, 6.45) is 0. The van der Waals surface area contributed by atoms with Gasteiger partial charge in [-0.2, -0.15) is 4.37 Å². The molecule has 0 radical (unpaired) electrons. The third kappa shape index (κ3) is 3.05. The summed E-state index contributed by atoms with van der Waals surface area (Å²) in [4.78, 5) is 13.2. The number of carbonyl (C=O) groups is 1. The van der Waals surface area contributed by atoms with Gasteiger partial charge in [0.05, 0.1) is 20.3 Å². The van der Waals surface area contributed by atoms with Crippen LogP contribution in [-0.2, 0) is 4.74 Å². The maximum Gasteiger partial charge on any atom is 0.344 e. The van der Waals surface area contributed by atoms with E-state index in [4.69, 9.17) is 15.9 Å². The number of anilines is 2. The van der Waals surface area contributed by atoms with E-state index in [-0.39, 0.29) is 37.7 Å². The number of hydrogen-bond donors (Lipinski definition) is 3. The zero-order valence-electron chi connectivity index (χ0n) is 9.42. The molecule has 1 aromatic heterocycles. The number of aliphatic hydroxyl groups excluding tert-OH is 2. The van der Waals surface area contributed by atoms with Crippen molar-refractivity contribution < 1.29 is 19.7 Å². The first kappa shape index (κ1) is 13.7. The second kappa shape index (κ2) is 6.38. The van der Waals surface area contributed by atoms with Crippen molar-refractivity contribution in [3.63, 3.8) is 0 Å². The number of nitrogen functional groups attached to an aromatic ring is 1. The van der Waals surface area contributed by atoms with E-state index in [0.717, 1.165) is 11.5 Å². The molecule has 0 aliphatic heterocycles. The van der Waals surface area contributed by atoms with Crippen molar-refractivity contribution in [3.8, 4) is 0 Å². The minimum atomic E-state index is -0.577. The molecular formula is C9H15N3O4S. The van der Waals surface area contributed by atoms with Crippen molar-refractivity contribution >= 4 is 28.3 Å². The van der Waals surface area contributed by atoms with Crippen LogP contribution in [0.5, 0.6) is 0 Å². The summed E-state index contributed by atoms with van der Waals surface area (Å²) < 4.78 is 8.50. The Bertz CT molecular complexity index is 376. The van der Waals surface area contributed by atoms with E-state index < -0.39 is 5.97 Å². The van der Waals surface area contributed by atoms with E-state index in [2.05, 4.69) is 9.11 Å². The largest absolute Gasteiger partial charge is 0.465 e. The molecule has 0 unspecified atom stereocenters. The Morgan fingerprint density at radius 2 is 2.06 bits per heavy atom. The summed E-state index contributed by atoms with van der Waals surface area (Å²) >= 11 is 1.04. The predicted molar refractivity (Wildman–Crippen MR) is 64.3 cm³/mol. The monoisotopic (exact) mass is 261 g/mol. The fourth-order valence-electron chi connectivity index (χ4n) is 1.36. The van der Waals surface area contributed by atoms with Crippen LogP contribution in [0.25, 0.3) is 0 Å². The number of hydrogen-bond acceptors (Lipinski definition) is 8. The number of esters is 1. The number of nitrogens with zero attached hydrogens (tertiary/aromatic N) is 2. The van der Waals surface area contributed by atoms with Gasteiger partial charge in [-0.05, 0) is 11.5 Å². The topological polar surface area (TPSA) is 109 Å². The maximum atomic E-state index is 11.5. The molecule has 0 aliphatic carbocycles. The highest BCUT2D eigenvalue weighted by Gasteiger charge is 2.23. The standard InChI is InChI=1S/C9H15N3O4S/c1-16-9(15)6-7(10)11-17-8(6)12(2-4-13)3-5-14/h13-14H,2-5H2,1H3,(H2,10,11). The number of aromatic nitrogens is 1. The molecular weight excluding hydrogens is 246 g/mol. The summed E-state index contributed by atoms with van der Waals surface area (Å²) in [5.74, 6) is -0.482. The molecule has 8 heteroatoms. The number of methoxy groups -OCH3 is 1. The summed E-state index contributed by atoms with van der Waals surface area (Å²) in [6.45, 7) is 0.370. The molecule has 96 valence electrons. The average molecular weight is 261 g/mol. The lowest BCUT2D eigenvalue weighted by Crippen LogP contribution is -2.30. The van der Waals surface area contributed by atoms with Crippen LogP contribution in [0.2, 0.25) is 0 Å². The predicted octanol–water partition coefficient (Wildman–Crippen LogP) is -0.697. The molecule has 1 rings (SSSR count). The maximum absolute atomic E-state index is 11.5. The highest BCUT2D eigenvalue weighted by Crippen LogP contribution is 2.30. The summed E-state index contributed by atoms with van der Waals surface area (Å²) in [6, 6.07) is 0. The molecule has 0 aromatic carbocycles. The molecule has 0 saturated carbocycles. The molecule has 0 aliphatic rings. The number of rotatable bonds is 6. The van der Waals surface area contributed by atoms with Gasteiger partial charge >= 0.3 is 5.97 Å². The van der Waals surface area contributed by atoms with E-state index in [1.165, 1.54) is 7.11 Å². The Labute approximate surface area is 103 Å². The molecule has 0 fully saturated rings. The average Bonchev–Trinajstić information content (AvgIpc) is 2.70. The molecule has 17 heavy (non-hydrogen) atoms. The van der Waals surface area contributed by atoms with Gasteiger partial charge in [-0.25, -0.2) is 4.79 Å². The van der Waals surface area contributed by atoms with E-state index in [1.807, 2.05) is 0 Å². The quantitative estimate of drug-likeness (QED) is 0.581. The fraction of sp³-hybridized carbons (Fsp3) is 0.556. The Kier molecular flexibility index (Phi) is 5.13. The Balaban J connectivity index is 3.05. The van der Waals surface area contributed by atoms with Gasteiger partial charge in [-0.1, -0.05) is 0 Å². The van der Waals surface area contributed by atoms with Gasteiger partial charge < -0.3 is 25.6 Å². The lowest BCUT2D eigenvalue weighted by Gasteiger charge is -2.21. The SMILES string of the molecule is COC(=O)c1c(N)nsc1N(CCO)CCO. The van der Waals surface area contributed by atoms with Crippen molar-refractivity contribution in [1.29, 1.82) is 0 Å². The number of carbonyl (C=O) groups excluding carboxylic acids is 1. The van der Waals surface area contributed by atoms with Crippen molar-refractivity contribution in [3.05, 3.63) is 5.56 Å². The number of nitrogens with two attached hydrogens (primary N) is 1. The Hall–Kier alpha value is -1.38. The van der Waals surface area contributed by atoms with Crippen LogP contribution < -0.4 is 10.6 Å². The fourth-order valence-corrected chi connectivity index (χ4v) is 2.21. The van der Waals surface area contributed by atoms with Gasteiger partial charge in [-0.15, -0.1) is 0 Å². The lowest BCUT2D eigenvalue weighted by atomic mass is 10.3. The van der Waals surface area contributed by atoms with E-state index in [1.54, 1.807) is 4.90 Å². The minimum Gasteiger partial charge on any atom is -0.465 e. The third-order valence-electron chi connectivity index (χ3n) is 2.12. The minimum absolute atomic E-state index is 0.0951. The molecule has 0 saturated heterocycles. The van der Waals surface area contributed by atoms with Gasteiger partial charge in [0, 0.05) is 13.1 Å². The molecule has 1 aromatic rings. The van der Waals surface area contributed by atoms with E-state index in [0.29, 0.717) is 5.00 Å². The van der Waals surface area contributed by atoms with E-state index in [9.17, 15) is 4.79 Å². The van der Waals surface area contributed by atoms with Crippen molar-refractivity contribution in [2.75, 3.05) is 44.0 Å². The zero-order chi connectivity index (χ0) is 12.8. The van der Waals surface area contributed by atoms with Crippen LogP contribution in [0.3, 0.4) is 0 Å². The molecule has 7 nitrogen and oxygen atoms in total. The van der Waals surface area contributed by atoms with E-state index >= 15 is 0 Å². The molecule has 0 atom stereocenters. The van der Waals surface area contributed by atoms with Crippen LogP contribution in [0.15, 0.2) is 0 Å². The van der Waals surface area contributed by atoms with Crippen LogP contribution in [-0.4, -0.2) is 54.0 Å². The second-order valence-corrected chi connectivity index (χ2v) is 3.93. The molecule has 0 spiro atoms. The normalized spacial score (nSPS) is 10.3. The Morgan fingerprint density at radius 3 is 2.53 bits per heavy atom. The van der Waals surface area contributed by atoms with Crippen molar-refractivity contribution in [2.45, 2.75) is 0 Å². The third-order valence-corrected chi connectivity index (χ3v) is 3.04. The molecule has 1 heterocycles. The summed E-state index contributed by atoms with van der Waals surface area (Å²) in [5.41, 5.74) is 5.77. The Morgan fingerprint density at radius 1 is 1.47 bits per heavy atom. The van der Waals surface area contributed by atoms with Gasteiger partial charge in [0.25, 0.3) is 0 Å². The lowest BCUT2D eigenvalue weighted by molar-refractivity contribution is 0.0602. The zero-order valence-corrected chi connectivity index (χ0v) is 10.2. The summed E-state index contributed by atoms with van der Waals surface area (Å²) in [7, 11) is 1.26. The highest BCUT2D eigenvalue weighted by molar-refractivity contribution is 7.11. The summed E-state index contributed by atoms with van der Waals surface area (Å²) in [5, 5.41) is 18.4. The van der Waals surface area contributed by atoms with Gasteiger partial charge in [0.15, 0.2) is 5.82 Å². The van der Waals surface area contributed by atoms with Crippen molar-refractivity contribution in [1.82, 2.24) is 4.37 Å². The van der Waals surface area contributed by atoms with Gasteiger partial charge in [-0.3, -0.25) is 0 Å². The van der Waals surface area contributed by atoms with Crippen LogP contribution in [0, 0.1) is 0 Å². The molecule has 0 amide bonds. The molecule has 4 N–H and O–H groups in total. The highest BCUT2D eigenvalue weighted by atomic mass is 32.1. The van der Waals surface area contributed by atoms with Crippen LogP contribution in [0.4, 0.5) is 10.8 Å². The number of ether oxygens (including phenoxy) is 1. The smallest absolute Gasteiger partial charge is 0.344 e. The second-order valence-electron chi connectivity index (χ2n) is 3.17. The van der Waals surface area contributed by atoms with Crippen molar-refractivity contribution in [2.24, 2.45) is 0 Å². The first-order valence-electron chi connectivity index (χ1n) is 4.95. The van der Waals surface area contributed by atoms with Crippen LogP contribution in [0.1, 0.15) is 10.4 Å². The first-order valence-corrected chi connectivity index (χ1v) is 5.73. The first-order chi connectivity index (χ1) is 8.15. The van der Waals surface area contributed by atoms with Crippen LogP contribution >= 0.6 is 11.5 Å². The molecule has 0 bridgehead atoms. The van der Waals surface area contributed by atoms with Gasteiger partial charge in [0.1, 0.15) is 10.6 Å².